The van der Waals surface area contributed by atoms with Crippen LogP contribution >= 0.6 is 0 Å². The van der Waals surface area contributed by atoms with Gasteiger partial charge in [0, 0.05) is 29.9 Å². The number of nitrogens with zero attached hydrogens (tertiary/aromatic N) is 3. The van der Waals surface area contributed by atoms with E-state index in [9.17, 15) is 4.79 Å². The molecule has 0 radical (unpaired) electrons. The van der Waals surface area contributed by atoms with Crippen LogP contribution in [0.25, 0.3) is 11.3 Å². The summed E-state index contributed by atoms with van der Waals surface area (Å²) in [5, 5.41) is 8.97. The van der Waals surface area contributed by atoms with Crippen LogP contribution in [0.1, 0.15) is 57.3 Å². The predicted molar refractivity (Wildman–Crippen MR) is 117 cm³/mol. The molecule has 1 amide bonds. The molecule has 1 fully saturated rings. The van der Waals surface area contributed by atoms with Crippen LogP contribution in [0.4, 0.5) is 0 Å². The zero-order chi connectivity index (χ0) is 21.3. The van der Waals surface area contributed by atoms with Crippen molar-refractivity contribution in [2.75, 3.05) is 13.1 Å². The van der Waals surface area contributed by atoms with Gasteiger partial charge in [0.25, 0.3) is 5.91 Å². The second-order valence-corrected chi connectivity index (χ2v) is 8.13. The van der Waals surface area contributed by atoms with E-state index in [2.05, 4.69) is 23.0 Å². The summed E-state index contributed by atoms with van der Waals surface area (Å²) in [5.41, 5.74) is 6.71. The number of nitrogens with one attached hydrogen (secondary N) is 1. The fraction of sp³-hybridized carbons (Fsp3) is 0.320. The Morgan fingerprint density at radius 2 is 1.80 bits per heavy atom. The van der Waals surface area contributed by atoms with Gasteiger partial charge in [-0.2, -0.15) is 5.26 Å². The largest absolute Gasteiger partial charge is 0.346 e. The number of amides is 1. The molecule has 0 spiro atoms. The van der Waals surface area contributed by atoms with Crippen LogP contribution in [0.15, 0.2) is 42.5 Å². The number of aryl methyl sites for hydroxylation is 3. The van der Waals surface area contributed by atoms with E-state index in [4.69, 9.17) is 5.26 Å². The molecular formula is C25H26N4O. The zero-order valence-corrected chi connectivity index (χ0v) is 17.7. The van der Waals surface area contributed by atoms with E-state index >= 15 is 0 Å². The van der Waals surface area contributed by atoms with E-state index in [0.29, 0.717) is 17.0 Å². The Morgan fingerprint density at radius 3 is 2.40 bits per heavy atom. The second kappa shape index (κ2) is 8.16. The molecule has 0 saturated carbocycles. The molecule has 5 heteroatoms. The summed E-state index contributed by atoms with van der Waals surface area (Å²) < 4.78 is 0. The lowest BCUT2D eigenvalue weighted by Crippen LogP contribution is -2.37. The average Bonchev–Trinajstić information content (AvgIpc) is 3.11. The first-order valence-corrected chi connectivity index (χ1v) is 10.4. The van der Waals surface area contributed by atoms with Gasteiger partial charge in [-0.15, -0.1) is 0 Å². The minimum Gasteiger partial charge on any atom is -0.346 e. The molecule has 3 aromatic rings. The lowest BCUT2D eigenvalue weighted by Gasteiger charge is -2.32. The van der Waals surface area contributed by atoms with Crippen molar-refractivity contribution in [2.24, 2.45) is 0 Å². The smallest absolute Gasteiger partial charge is 0.253 e. The molecule has 2 heterocycles. The number of aromatic nitrogens is 2. The lowest BCUT2D eigenvalue weighted by atomic mass is 9.88. The van der Waals surface area contributed by atoms with Gasteiger partial charge in [-0.05, 0) is 74.9 Å². The highest BCUT2D eigenvalue weighted by molar-refractivity contribution is 5.95. The Bertz CT molecular complexity index is 1110. The molecule has 5 nitrogen and oxygen atoms in total. The van der Waals surface area contributed by atoms with E-state index < -0.39 is 0 Å². The minimum absolute atomic E-state index is 0.0828. The number of hydrogen-bond donors (Lipinski definition) is 1. The summed E-state index contributed by atoms with van der Waals surface area (Å²) in [6, 6.07) is 15.9. The molecule has 1 aromatic heterocycles. The highest BCUT2D eigenvalue weighted by Gasteiger charge is 2.25. The van der Waals surface area contributed by atoms with Crippen molar-refractivity contribution in [2.45, 2.75) is 39.5 Å². The van der Waals surface area contributed by atoms with Crippen LogP contribution in [0, 0.1) is 32.1 Å². The molecule has 1 aliphatic heterocycles. The van der Waals surface area contributed by atoms with Gasteiger partial charge in [-0.3, -0.25) is 4.79 Å². The number of rotatable bonds is 3. The maximum atomic E-state index is 13.2. The van der Waals surface area contributed by atoms with Crippen molar-refractivity contribution in [3.05, 3.63) is 76.2 Å². The van der Waals surface area contributed by atoms with Crippen molar-refractivity contribution in [3.8, 4) is 17.3 Å². The van der Waals surface area contributed by atoms with Gasteiger partial charge in [0.05, 0.1) is 17.3 Å². The molecule has 0 unspecified atom stereocenters. The first-order valence-electron chi connectivity index (χ1n) is 10.4. The van der Waals surface area contributed by atoms with Crippen LogP contribution in [-0.4, -0.2) is 33.9 Å². The molecule has 2 aromatic carbocycles. The molecule has 152 valence electrons. The Morgan fingerprint density at radius 1 is 1.10 bits per heavy atom. The van der Waals surface area contributed by atoms with E-state index in [1.807, 2.05) is 61.2 Å². The summed E-state index contributed by atoms with van der Waals surface area (Å²) in [7, 11) is 0. The quantitative estimate of drug-likeness (QED) is 0.682. The summed E-state index contributed by atoms with van der Waals surface area (Å²) in [6.45, 7) is 7.49. The number of likely N-dealkylation sites (tertiary alicyclic amines) is 1. The average molecular weight is 399 g/mol. The molecule has 0 bridgehead atoms. The first-order chi connectivity index (χ1) is 14.5. The Balaban J connectivity index is 1.48. The van der Waals surface area contributed by atoms with Gasteiger partial charge in [0.2, 0.25) is 0 Å². The maximum absolute atomic E-state index is 13.2. The second-order valence-electron chi connectivity index (χ2n) is 8.13. The van der Waals surface area contributed by atoms with Gasteiger partial charge < -0.3 is 9.88 Å². The summed E-state index contributed by atoms with van der Waals surface area (Å²) in [4.78, 5) is 23.0. The molecule has 1 saturated heterocycles. The molecule has 30 heavy (non-hydrogen) atoms. The molecule has 1 aliphatic rings. The lowest BCUT2D eigenvalue weighted by molar-refractivity contribution is 0.0713. The highest BCUT2D eigenvalue weighted by atomic mass is 16.2. The fourth-order valence-electron chi connectivity index (χ4n) is 4.31. The van der Waals surface area contributed by atoms with Crippen LogP contribution in [0.2, 0.25) is 0 Å². The van der Waals surface area contributed by atoms with Crippen molar-refractivity contribution in [1.82, 2.24) is 14.9 Å². The standard InChI is InChI=1S/C25H26N4O/c1-16-4-7-22(14-23(16)24-17(2)27-18(3)28-24)25(30)29-12-10-21(11-13-29)20-8-5-19(15-26)6-9-20/h4-9,14,21H,10-13H2,1-3H3,(H,27,28). The van der Waals surface area contributed by atoms with Crippen molar-refractivity contribution < 1.29 is 4.79 Å². The highest BCUT2D eigenvalue weighted by Crippen LogP contribution is 2.30. The van der Waals surface area contributed by atoms with E-state index in [1.54, 1.807) is 0 Å². The van der Waals surface area contributed by atoms with Crippen molar-refractivity contribution in [1.29, 1.82) is 5.26 Å². The topological polar surface area (TPSA) is 72.8 Å². The molecule has 1 N–H and O–H groups in total. The normalized spacial score (nSPS) is 14.5. The maximum Gasteiger partial charge on any atom is 0.253 e. The predicted octanol–water partition coefficient (Wildman–Crippen LogP) is 4.89. The summed E-state index contributed by atoms with van der Waals surface area (Å²) in [6.07, 6.45) is 1.88. The number of carbonyl (C=O) groups excluding carboxylic acids is 1. The zero-order valence-electron chi connectivity index (χ0n) is 17.7. The monoisotopic (exact) mass is 398 g/mol. The summed E-state index contributed by atoms with van der Waals surface area (Å²) in [5.74, 6) is 1.40. The van der Waals surface area contributed by atoms with Gasteiger partial charge in [0.1, 0.15) is 5.82 Å². The van der Waals surface area contributed by atoms with Crippen molar-refractivity contribution in [3.63, 3.8) is 0 Å². The number of nitriles is 1. The van der Waals surface area contributed by atoms with Gasteiger partial charge >= 0.3 is 0 Å². The Kier molecular flexibility index (Phi) is 5.41. The third-order valence-electron chi connectivity index (χ3n) is 6.04. The third kappa shape index (κ3) is 3.86. The van der Waals surface area contributed by atoms with E-state index in [1.165, 1.54) is 5.56 Å². The number of carbonyl (C=O) groups is 1. The molecule has 0 aliphatic carbocycles. The number of H-pyrrole nitrogens is 1. The fourth-order valence-corrected chi connectivity index (χ4v) is 4.31. The van der Waals surface area contributed by atoms with Gasteiger partial charge in [-0.25, -0.2) is 4.98 Å². The van der Waals surface area contributed by atoms with Crippen LogP contribution in [0.3, 0.4) is 0 Å². The third-order valence-corrected chi connectivity index (χ3v) is 6.04. The molecular weight excluding hydrogens is 372 g/mol. The van der Waals surface area contributed by atoms with E-state index in [-0.39, 0.29) is 5.91 Å². The SMILES string of the molecule is Cc1nc(-c2cc(C(=O)N3CCC(c4ccc(C#N)cc4)CC3)ccc2C)c(C)[nH]1. The van der Waals surface area contributed by atoms with Crippen LogP contribution < -0.4 is 0 Å². The number of benzene rings is 2. The van der Waals surface area contributed by atoms with Crippen LogP contribution in [-0.2, 0) is 0 Å². The minimum atomic E-state index is 0.0828. The number of imidazole rings is 1. The number of aromatic amines is 1. The Labute approximate surface area is 177 Å². The first kappa shape index (κ1) is 19.9. The van der Waals surface area contributed by atoms with Crippen molar-refractivity contribution >= 4 is 5.91 Å². The summed E-state index contributed by atoms with van der Waals surface area (Å²) >= 11 is 0. The van der Waals surface area contributed by atoms with Crippen LogP contribution in [0.5, 0.6) is 0 Å². The van der Waals surface area contributed by atoms with Gasteiger partial charge in [0.15, 0.2) is 0 Å². The number of piperidine rings is 1. The van der Waals surface area contributed by atoms with Gasteiger partial charge in [-0.1, -0.05) is 18.2 Å². The molecule has 0 atom stereocenters. The van der Waals surface area contributed by atoms with E-state index in [0.717, 1.165) is 54.3 Å². The Hall–Kier alpha value is -3.39. The molecule has 4 rings (SSSR count). The number of hydrogen-bond acceptors (Lipinski definition) is 3.